The predicted molar refractivity (Wildman–Crippen MR) is 121 cm³/mol. The molecule has 7 nitrogen and oxygen atoms in total. The number of hydrogen-bond donors (Lipinski definition) is 3. The number of allylic oxidation sites excluding steroid dienone is 2. The van der Waals surface area contributed by atoms with Gasteiger partial charge in [-0.3, -0.25) is 4.79 Å². The van der Waals surface area contributed by atoms with Gasteiger partial charge in [0.25, 0.3) is 5.91 Å². The van der Waals surface area contributed by atoms with Gasteiger partial charge in [-0.15, -0.1) is 0 Å². The first-order valence-electron chi connectivity index (χ1n) is 10.8. The number of ether oxygens (including phenoxy) is 1. The number of benzene rings is 1. The van der Waals surface area contributed by atoms with Crippen LogP contribution in [-0.2, 0) is 0 Å². The van der Waals surface area contributed by atoms with Crippen molar-refractivity contribution in [3.05, 3.63) is 51.7 Å². The Labute approximate surface area is 190 Å². The van der Waals surface area contributed by atoms with Gasteiger partial charge < -0.3 is 25.7 Å². The SMILES string of the molecule is CC1=N/C(=C2\CN(C(=O)c3ccc(F)cc3OC3CC4CCC3N4)CC2=N)NC(C)=C1Cl. The Kier molecular flexibility index (Phi) is 5.29. The molecule has 168 valence electrons. The van der Waals surface area contributed by atoms with E-state index in [0.29, 0.717) is 39.5 Å². The zero-order chi connectivity index (χ0) is 22.6. The summed E-state index contributed by atoms with van der Waals surface area (Å²) in [5, 5.41) is 15.6. The van der Waals surface area contributed by atoms with Gasteiger partial charge in [-0.2, -0.15) is 0 Å². The fourth-order valence-corrected chi connectivity index (χ4v) is 4.98. The van der Waals surface area contributed by atoms with E-state index in [9.17, 15) is 9.18 Å². The molecule has 4 aliphatic rings. The van der Waals surface area contributed by atoms with E-state index < -0.39 is 5.82 Å². The van der Waals surface area contributed by atoms with E-state index in [1.165, 1.54) is 18.2 Å². The number of rotatable bonds is 3. The molecule has 3 N–H and O–H groups in total. The van der Waals surface area contributed by atoms with Crippen LogP contribution in [0.5, 0.6) is 5.75 Å². The van der Waals surface area contributed by atoms with Gasteiger partial charge in [-0.1, -0.05) is 11.6 Å². The number of carbonyl (C=O) groups excluding carboxylic acids is 1. The molecule has 1 aromatic rings. The van der Waals surface area contributed by atoms with E-state index in [2.05, 4.69) is 15.6 Å². The van der Waals surface area contributed by atoms with E-state index in [0.717, 1.165) is 25.0 Å². The molecule has 0 aromatic heterocycles. The van der Waals surface area contributed by atoms with Crippen molar-refractivity contribution < 1.29 is 13.9 Å². The number of aliphatic imine (C=N–C) groups is 1. The zero-order valence-electron chi connectivity index (χ0n) is 18.0. The van der Waals surface area contributed by atoms with Gasteiger partial charge >= 0.3 is 0 Å². The number of halogens is 2. The van der Waals surface area contributed by atoms with Crippen LogP contribution >= 0.6 is 11.6 Å². The van der Waals surface area contributed by atoms with Gasteiger partial charge in [0, 0.05) is 35.8 Å². The van der Waals surface area contributed by atoms with E-state index in [-0.39, 0.29) is 36.9 Å². The molecule has 1 aromatic carbocycles. The van der Waals surface area contributed by atoms with Gasteiger partial charge in [0.1, 0.15) is 23.5 Å². The number of nitrogens with one attached hydrogen (secondary N) is 3. The smallest absolute Gasteiger partial charge is 0.258 e. The lowest BCUT2D eigenvalue weighted by atomic mass is 9.97. The molecule has 3 saturated heterocycles. The normalized spacial score (nSPS) is 29.5. The van der Waals surface area contributed by atoms with Crippen LogP contribution in [0.3, 0.4) is 0 Å². The second-order valence-corrected chi connectivity index (χ2v) is 9.19. The van der Waals surface area contributed by atoms with Crippen molar-refractivity contribution in [2.45, 2.75) is 51.3 Å². The average Bonchev–Trinajstić information content (AvgIpc) is 3.47. The van der Waals surface area contributed by atoms with Crippen molar-refractivity contribution in [2.75, 3.05) is 13.1 Å². The standard InChI is InChI=1S/C23H25ClFN5O2/c1-11-21(24)12(2)28-22(27-11)16-9-30(10-17(16)26)23(31)15-5-3-13(25)7-19(15)32-20-8-14-4-6-18(20)29-14/h3,5,7,14,18,20,26-27,29H,4,6,8-10H2,1-2H3/b22-16+,26-17?. The number of amides is 1. The largest absolute Gasteiger partial charge is 0.488 e. The fourth-order valence-electron chi connectivity index (χ4n) is 4.89. The highest BCUT2D eigenvalue weighted by Crippen LogP contribution is 2.34. The Morgan fingerprint density at radius 2 is 2.12 bits per heavy atom. The quantitative estimate of drug-likeness (QED) is 0.649. The minimum Gasteiger partial charge on any atom is -0.488 e. The molecular weight excluding hydrogens is 433 g/mol. The summed E-state index contributed by atoms with van der Waals surface area (Å²) in [5.41, 5.74) is 2.68. The summed E-state index contributed by atoms with van der Waals surface area (Å²) in [7, 11) is 0. The molecule has 2 bridgehead atoms. The molecule has 4 heterocycles. The third-order valence-corrected chi connectivity index (χ3v) is 7.12. The van der Waals surface area contributed by atoms with Crippen LogP contribution in [-0.4, -0.2) is 53.5 Å². The molecule has 0 aliphatic carbocycles. The molecule has 0 radical (unpaired) electrons. The third kappa shape index (κ3) is 3.71. The summed E-state index contributed by atoms with van der Waals surface area (Å²) in [6, 6.07) is 4.70. The first kappa shape index (κ1) is 21.2. The van der Waals surface area contributed by atoms with Crippen LogP contribution in [0.15, 0.2) is 45.3 Å². The van der Waals surface area contributed by atoms with E-state index in [1.54, 1.807) is 11.8 Å². The highest BCUT2D eigenvalue weighted by molar-refractivity contribution is 6.43. The monoisotopic (exact) mass is 457 g/mol. The van der Waals surface area contributed by atoms with Crippen LogP contribution in [0.1, 0.15) is 43.5 Å². The number of hydrogen-bond acceptors (Lipinski definition) is 6. The third-order valence-electron chi connectivity index (χ3n) is 6.56. The zero-order valence-corrected chi connectivity index (χ0v) is 18.7. The summed E-state index contributed by atoms with van der Waals surface area (Å²) in [6.07, 6.45) is 2.94. The van der Waals surface area contributed by atoms with Gasteiger partial charge in [0.15, 0.2) is 0 Å². The molecule has 4 aliphatic heterocycles. The lowest BCUT2D eigenvalue weighted by Crippen LogP contribution is -2.33. The predicted octanol–water partition coefficient (Wildman–Crippen LogP) is 3.32. The highest BCUT2D eigenvalue weighted by atomic mass is 35.5. The Balaban J connectivity index is 1.38. The maximum atomic E-state index is 14.0. The fraction of sp³-hybridized carbons (Fsp3) is 0.435. The van der Waals surface area contributed by atoms with Crippen molar-refractivity contribution in [3.8, 4) is 5.75 Å². The summed E-state index contributed by atoms with van der Waals surface area (Å²) >= 11 is 6.21. The van der Waals surface area contributed by atoms with E-state index >= 15 is 0 Å². The van der Waals surface area contributed by atoms with Gasteiger partial charge in [-0.25, -0.2) is 9.38 Å². The molecule has 32 heavy (non-hydrogen) atoms. The highest BCUT2D eigenvalue weighted by Gasteiger charge is 2.41. The van der Waals surface area contributed by atoms with Gasteiger partial charge in [0.05, 0.1) is 35.1 Å². The molecule has 5 rings (SSSR count). The minimum absolute atomic E-state index is 0.0695. The first-order chi connectivity index (χ1) is 15.3. The maximum absolute atomic E-state index is 14.0. The Bertz CT molecular complexity index is 1110. The van der Waals surface area contributed by atoms with E-state index in [4.69, 9.17) is 21.7 Å². The number of fused-ring (bicyclic) bond motifs is 2. The van der Waals surface area contributed by atoms with Gasteiger partial charge in [0.2, 0.25) is 0 Å². The number of nitrogens with zero attached hydrogens (tertiary/aromatic N) is 2. The van der Waals surface area contributed by atoms with Gasteiger partial charge in [-0.05, 0) is 38.8 Å². The summed E-state index contributed by atoms with van der Waals surface area (Å²) < 4.78 is 20.2. The van der Waals surface area contributed by atoms with Crippen LogP contribution in [0.25, 0.3) is 0 Å². The first-order valence-corrected chi connectivity index (χ1v) is 11.2. The molecule has 0 spiro atoms. The minimum atomic E-state index is -0.444. The summed E-state index contributed by atoms with van der Waals surface area (Å²) in [6.45, 7) is 4.03. The van der Waals surface area contributed by atoms with Crippen molar-refractivity contribution in [2.24, 2.45) is 4.99 Å². The molecular formula is C23H25ClFN5O2. The van der Waals surface area contributed by atoms with E-state index in [1.807, 2.05) is 6.92 Å². The molecule has 0 saturated carbocycles. The topological polar surface area (TPSA) is 89.8 Å². The Morgan fingerprint density at radius 1 is 1.31 bits per heavy atom. The Morgan fingerprint density at radius 3 is 2.81 bits per heavy atom. The number of likely N-dealkylation sites (tertiary alicyclic amines) is 1. The number of carbonyl (C=O) groups is 1. The molecule has 3 atom stereocenters. The average molecular weight is 458 g/mol. The van der Waals surface area contributed by atoms with Crippen LogP contribution in [0.2, 0.25) is 0 Å². The van der Waals surface area contributed by atoms with Crippen LogP contribution in [0.4, 0.5) is 4.39 Å². The molecule has 9 heteroatoms. The second kappa shape index (κ2) is 8.01. The molecule has 3 unspecified atom stereocenters. The summed E-state index contributed by atoms with van der Waals surface area (Å²) in [4.78, 5) is 19.4. The van der Waals surface area contributed by atoms with Crippen LogP contribution in [0, 0.1) is 11.2 Å². The lowest BCUT2D eigenvalue weighted by molar-refractivity contribution is 0.0794. The maximum Gasteiger partial charge on any atom is 0.258 e. The molecule has 1 amide bonds. The second-order valence-electron chi connectivity index (χ2n) is 8.81. The van der Waals surface area contributed by atoms with Crippen molar-refractivity contribution >= 4 is 28.9 Å². The van der Waals surface area contributed by atoms with Crippen molar-refractivity contribution in [1.82, 2.24) is 15.5 Å². The molecule has 3 fully saturated rings. The lowest BCUT2D eigenvalue weighted by Gasteiger charge is -2.24. The van der Waals surface area contributed by atoms with Crippen LogP contribution < -0.4 is 15.4 Å². The Hall–Kier alpha value is -2.71. The summed E-state index contributed by atoms with van der Waals surface area (Å²) in [5.74, 6) is 0.0591. The van der Waals surface area contributed by atoms with Crippen molar-refractivity contribution in [3.63, 3.8) is 0 Å². The van der Waals surface area contributed by atoms with Crippen molar-refractivity contribution in [1.29, 1.82) is 5.41 Å².